The molecule has 1 amide bonds. The van der Waals surface area contributed by atoms with E-state index in [-0.39, 0.29) is 41.6 Å². The van der Waals surface area contributed by atoms with Gasteiger partial charge >= 0.3 is 30.6 Å². The second-order valence-electron chi connectivity index (χ2n) is 10.6. The Kier molecular flexibility index (Phi) is 11.0. The van der Waals surface area contributed by atoms with Crippen molar-refractivity contribution in [1.29, 1.82) is 0 Å². The number of nitrogens with zero attached hydrogens (tertiary/aromatic N) is 1. The van der Waals surface area contributed by atoms with Crippen LogP contribution >= 0.6 is 0 Å². The van der Waals surface area contributed by atoms with E-state index in [1.807, 2.05) is 13.8 Å². The van der Waals surface area contributed by atoms with Gasteiger partial charge in [0.2, 0.25) is 0 Å². The number of carbonyl (C=O) groups excluding carboxylic acids is 1. The number of hydrogen-bond donors (Lipinski definition) is 2. The Hall–Kier alpha value is -3.65. The van der Waals surface area contributed by atoms with E-state index < -0.39 is 65.4 Å². The summed E-state index contributed by atoms with van der Waals surface area (Å²) in [6.07, 6.45) is -16.0. The number of methoxy groups -OCH3 is 1. The number of carbonyl (C=O) groups is 2. The van der Waals surface area contributed by atoms with Gasteiger partial charge in [0.15, 0.2) is 0 Å². The molecule has 1 heterocycles. The van der Waals surface area contributed by atoms with Crippen LogP contribution in [0.4, 0.5) is 50.0 Å². The van der Waals surface area contributed by atoms with Gasteiger partial charge in [-0.2, -0.15) is 39.5 Å². The molecule has 0 radical (unpaired) electrons. The zero-order valence-electron chi connectivity index (χ0n) is 23.7. The van der Waals surface area contributed by atoms with Crippen molar-refractivity contribution in [3.63, 3.8) is 0 Å². The smallest absolute Gasteiger partial charge is 0.416 e. The molecule has 0 spiro atoms. The zero-order chi connectivity index (χ0) is 33.1. The Balaban J connectivity index is 0.000000973. The van der Waals surface area contributed by atoms with Crippen LogP contribution < -0.4 is 5.32 Å². The normalized spacial score (nSPS) is 17.0. The minimum Gasteiger partial charge on any atom is -0.481 e. The van der Waals surface area contributed by atoms with Crippen molar-refractivity contribution in [2.24, 2.45) is 11.8 Å². The SMILES string of the molecule is CC(C)C(=O)O.COC(=O)N(Cc1cc(C(F)(F)F)cc(C(F)(F)F)c1)[C@H]1C[C@@H](C(C)C)Nc2ccc(C(F)(F)F)cc21. The molecule has 2 aromatic rings. The van der Waals surface area contributed by atoms with Gasteiger partial charge in [-0.1, -0.05) is 27.7 Å². The quantitative estimate of drug-likeness (QED) is 0.324. The molecule has 240 valence electrons. The van der Waals surface area contributed by atoms with Gasteiger partial charge in [0.05, 0.1) is 35.8 Å². The molecular formula is C28H31F9N2O4. The van der Waals surface area contributed by atoms with E-state index in [1.54, 1.807) is 13.8 Å². The number of carboxylic acids is 1. The third-order valence-corrected chi connectivity index (χ3v) is 6.64. The van der Waals surface area contributed by atoms with Crippen LogP contribution in [0.3, 0.4) is 0 Å². The average molecular weight is 631 g/mol. The summed E-state index contributed by atoms with van der Waals surface area (Å²) in [4.78, 5) is 23.3. The van der Waals surface area contributed by atoms with Gasteiger partial charge < -0.3 is 15.2 Å². The van der Waals surface area contributed by atoms with Gasteiger partial charge in [-0.25, -0.2) is 4.79 Å². The van der Waals surface area contributed by atoms with Crippen molar-refractivity contribution in [2.45, 2.75) is 71.3 Å². The van der Waals surface area contributed by atoms with Crippen LogP contribution in [0.25, 0.3) is 0 Å². The van der Waals surface area contributed by atoms with Crippen molar-refractivity contribution in [3.05, 3.63) is 64.2 Å². The Labute approximate surface area is 241 Å². The summed E-state index contributed by atoms with van der Waals surface area (Å²) in [7, 11) is 0.955. The molecule has 0 saturated heterocycles. The fraction of sp³-hybridized carbons (Fsp3) is 0.500. The van der Waals surface area contributed by atoms with Crippen LogP contribution in [0, 0.1) is 11.8 Å². The first kappa shape index (κ1) is 35.5. The van der Waals surface area contributed by atoms with Gasteiger partial charge in [-0.3, -0.25) is 9.69 Å². The minimum absolute atomic E-state index is 0.0140. The number of carboxylic acid groups (broad SMARTS) is 1. The number of anilines is 1. The largest absolute Gasteiger partial charge is 0.481 e. The molecule has 2 aromatic carbocycles. The molecule has 3 rings (SSSR count). The van der Waals surface area contributed by atoms with E-state index >= 15 is 0 Å². The molecule has 1 aliphatic heterocycles. The fourth-order valence-corrected chi connectivity index (χ4v) is 4.23. The second-order valence-corrected chi connectivity index (χ2v) is 10.6. The highest BCUT2D eigenvalue weighted by Gasteiger charge is 2.40. The van der Waals surface area contributed by atoms with Crippen molar-refractivity contribution >= 4 is 17.7 Å². The molecule has 1 aliphatic rings. The highest BCUT2D eigenvalue weighted by Crippen LogP contribution is 2.43. The average Bonchev–Trinajstić information content (AvgIpc) is 2.89. The van der Waals surface area contributed by atoms with E-state index in [9.17, 15) is 49.1 Å². The lowest BCUT2D eigenvalue weighted by molar-refractivity contribution is -0.143. The summed E-state index contributed by atoms with van der Waals surface area (Å²) < 4.78 is 125. The van der Waals surface area contributed by atoms with Crippen molar-refractivity contribution < 1.29 is 58.9 Å². The standard InChI is InChI=1S/C24H23F9N2O2.C4H8O2/c1-12(2)19-10-20(17-9-14(22(25,26)27)4-5-18(17)34-19)35(21(36)37-3)11-13-6-15(23(28,29)30)8-16(7-13)24(31,32)33;1-3(2)4(5)6/h4-9,12,19-20,34H,10-11H2,1-3H3;3H,1-2H3,(H,5,6)/t19-,20-;/m0./s1. The molecule has 0 aromatic heterocycles. The first-order chi connectivity index (χ1) is 19.6. The van der Waals surface area contributed by atoms with Gasteiger partial charge in [-0.05, 0) is 59.9 Å². The van der Waals surface area contributed by atoms with Crippen LogP contribution in [-0.2, 0) is 34.6 Å². The molecule has 43 heavy (non-hydrogen) atoms. The topological polar surface area (TPSA) is 78.9 Å². The first-order valence-electron chi connectivity index (χ1n) is 12.9. The number of alkyl halides is 9. The van der Waals surface area contributed by atoms with Crippen molar-refractivity contribution in [3.8, 4) is 0 Å². The predicted octanol–water partition coefficient (Wildman–Crippen LogP) is 8.62. The maximum atomic E-state index is 13.4. The monoisotopic (exact) mass is 630 g/mol. The number of halogens is 9. The third-order valence-electron chi connectivity index (χ3n) is 6.64. The maximum Gasteiger partial charge on any atom is 0.416 e. The Bertz CT molecular complexity index is 1260. The van der Waals surface area contributed by atoms with Crippen LogP contribution in [0.15, 0.2) is 36.4 Å². The van der Waals surface area contributed by atoms with Gasteiger partial charge in [0.25, 0.3) is 0 Å². The lowest BCUT2D eigenvalue weighted by Gasteiger charge is -2.40. The van der Waals surface area contributed by atoms with Gasteiger partial charge in [0.1, 0.15) is 0 Å². The Morgan fingerprint density at radius 3 is 1.77 bits per heavy atom. The molecule has 0 unspecified atom stereocenters. The molecule has 2 atom stereocenters. The number of aliphatic carboxylic acids is 1. The Morgan fingerprint density at radius 2 is 1.37 bits per heavy atom. The summed E-state index contributed by atoms with van der Waals surface area (Å²) in [6, 6.07) is 2.23. The minimum atomic E-state index is -5.11. The lowest BCUT2D eigenvalue weighted by Crippen LogP contribution is -2.42. The summed E-state index contributed by atoms with van der Waals surface area (Å²) in [5.41, 5.74) is -4.42. The molecular weight excluding hydrogens is 599 g/mol. The third kappa shape index (κ3) is 9.42. The van der Waals surface area contributed by atoms with E-state index in [2.05, 4.69) is 5.32 Å². The number of benzene rings is 2. The molecule has 6 nitrogen and oxygen atoms in total. The predicted molar refractivity (Wildman–Crippen MR) is 138 cm³/mol. The van der Waals surface area contributed by atoms with E-state index in [4.69, 9.17) is 9.84 Å². The van der Waals surface area contributed by atoms with E-state index in [0.29, 0.717) is 12.1 Å². The fourth-order valence-electron chi connectivity index (χ4n) is 4.23. The lowest BCUT2D eigenvalue weighted by atomic mass is 9.86. The molecule has 15 heteroatoms. The van der Waals surface area contributed by atoms with E-state index in [1.165, 1.54) is 6.07 Å². The summed E-state index contributed by atoms with van der Waals surface area (Å²) >= 11 is 0. The Morgan fingerprint density at radius 1 is 0.884 bits per heavy atom. The molecule has 0 aliphatic carbocycles. The summed E-state index contributed by atoms with van der Waals surface area (Å²) in [5, 5.41) is 11.1. The number of fused-ring (bicyclic) bond motifs is 1. The van der Waals surface area contributed by atoms with Crippen molar-refractivity contribution in [1.82, 2.24) is 4.90 Å². The number of amides is 1. The number of rotatable bonds is 5. The first-order valence-corrected chi connectivity index (χ1v) is 12.9. The number of hydrogen-bond acceptors (Lipinski definition) is 4. The van der Waals surface area contributed by atoms with Gasteiger partial charge in [-0.15, -0.1) is 0 Å². The number of nitrogens with one attached hydrogen (secondary N) is 1. The van der Waals surface area contributed by atoms with Crippen LogP contribution in [0.1, 0.15) is 68.0 Å². The molecule has 0 saturated carbocycles. The summed E-state index contributed by atoms with van der Waals surface area (Å²) in [5.74, 6) is -1.05. The molecule has 0 fully saturated rings. The van der Waals surface area contributed by atoms with Crippen LogP contribution in [0.2, 0.25) is 0 Å². The van der Waals surface area contributed by atoms with Gasteiger partial charge in [0, 0.05) is 18.3 Å². The highest BCUT2D eigenvalue weighted by atomic mass is 19.4. The molecule has 0 bridgehead atoms. The molecule has 2 N–H and O–H groups in total. The van der Waals surface area contributed by atoms with E-state index in [0.717, 1.165) is 24.1 Å². The zero-order valence-corrected chi connectivity index (χ0v) is 23.7. The maximum absolute atomic E-state index is 13.4. The van der Waals surface area contributed by atoms with Crippen molar-refractivity contribution in [2.75, 3.05) is 12.4 Å². The number of ether oxygens (including phenoxy) is 1. The van der Waals surface area contributed by atoms with Crippen LogP contribution in [-0.4, -0.2) is 35.2 Å². The second kappa shape index (κ2) is 13.3. The summed E-state index contributed by atoms with van der Waals surface area (Å²) in [6.45, 7) is 6.14. The van der Waals surface area contributed by atoms with Crippen LogP contribution in [0.5, 0.6) is 0 Å². The highest BCUT2D eigenvalue weighted by molar-refractivity contribution is 5.70.